The lowest BCUT2D eigenvalue weighted by Crippen LogP contribution is -2.07. The Balaban J connectivity index is 1.97. The van der Waals surface area contributed by atoms with Crippen LogP contribution in [0.2, 0.25) is 0 Å². The molecule has 4 nitrogen and oxygen atoms in total. The second kappa shape index (κ2) is 6.00. The molecule has 0 fully saturated rings. The van der Waals surface area contributed by atoms with Gasteiger partial charge < -0.3 is 11.1 Å². The number of nitrogen functional groups attached to an aromatic ring is 1. The first kappa shape index (κ1) is 13.1. The van der Waals surface area contributed by atoms with Crippen molar-refractivity contribution >= 4 is 17.2 Å². The lowest BCUT2D eigenvalue weighted by molar-refractivity contribution is 0.101. The van der Waals surface area contributed by atoms with Crippen LogP contribution < -0.4 is 11.1 Å². The van der Waals surface area contributed by atoms with Gasteiger partial charge in [-0.15, -0.1) is 0 Å². The van der Waals surface area contributed by atoms with Crippen LogP contribution in [0.25, 0.3) is 0 Å². The summed E-state index contributed by atoms with van der Waals surface area (Å²) in [6, 6.07) is 9.39. The molecule has 3 N–H and O–H groups in total. The zero-order valence-electron chi connectivity index (χ0n) is 10.9. The van der Waals surface area contributed by atoms with Crippen molar-refractivity contribution < 1.29 is 4.79 Å². The molecule has 1 heterocycles. The zero-order chi connectivity index (χ0) is 13.7. The average Bonchev–Trinajstić information content (AvgIpc) is 2.41. The van der Waals surface area contributed by atoms with Crippen molar-refractivity contribution in [3.63, 3.8) is 0 Å². The number of nitrogens with two attached hydrogens (primary N) is 1. The number of anilines is 2. The SMILES string of the molecule is CC(=O)c1cc(NCCc2cccnc2)ccc1N. The second-order valence-electron chi connectivity index (χ2n) is 4.40. The maximum Gasteiger partial charge on any atom is 0.161 e. The first-order valence-electron chi connectivity index (χ1n) is 6.20. The summed E-state index contributed by atoms with van der Waals surface area (Å²) < 4.78 is 0. The Labute approximate surface area is 112 Å². The third-order valence-electron chi connectivity index (χ3n) is 2.90. The number of Topliss-reactive ketones (excluding diaryl/α,β-unsaturated/α-hetero) is 1. The molecule has 0 amide bonds. The smallest absolute Gasteiger partial charge is 0.161 e. The molecular weight excluding hydrogens is 238 g/mol. The fourth-order valence-electron chi connectivity index (χ4n) is 1.87. The maximum atomic E-state index is 11.4. The number of aromatic nitrogens is 1. The molecule has 0 unspecified atom stereocenters. The number of pyridine rings is 1. The van der Waals surface area contributed by atoms with E-state index in [0.29, 0.717) is 11.3 Å². The Hall–Kier alpha value is -2.36. The number of hydrogen-bond donors (Lipinski definition) is 2. The summed E-state index contributed by atoms with van der Waals surface area (Å²) in [5.41, 5.74) is 8.92. The summed E-state index contributed by atoms with van der Waals surface area (Å²) in [4.78, 5) is 15.5. The van der Waals surface area contributed by atoms with Gasteiger partial charge in [0.2, 0.25) is 0 Å². The molecule has 0 aliphatic heterocycles. The van der Waals surface area contributed by atoms with Gasteiger partial charge in [0.25, 0.3) is 0 Å². The van der Waals surface area contributed by atoms with Crippen LogP contribution in [0.1, 0.15) is 22.8 Å². The molecule has 2 aromatic rings. The lowest BCUT2D eigenvalue weighted by atomic mass is 10.1. The summed E-state index contributed by atoms with van der Waals surface area (Å²) >= 11 is 0. The van der Waals surface area contributed by atoms with E-state index in [4.69, 9.17) is 5.73 Å². The first-order valence-corrected chi connectivity index (χ1v) is 6.20. The molecule has 0 aliphatic carbocycles. The Morgan fingerprint density at radius 2 is 2.21 bits per heavy atom. The molecule has 0 bridgehead atoms. The van der Waals surface area contributed by atoms with Crippen LogP contribution in [-0.4, -0.2) is 17.3 Å². The summed E-state index contributed by atoms with van der Waals surface area (Å²) in [5, 5.41) is 3.28. The van der Waals surface area contributed by atoms with Crippen molar-refractivity contribution in [1.82, 2.24) is 4.98 Å². The maximum absolute atomic E-state index is 11.4. The number of nitrogens with zero attached hydrogens (tertiary/aromatic N) is 1. The number of ketones is 1. The molecule has 0 saturated carbocycles. The van der Waals surface area contributed by atoms with Gasteiger partial charge in [0.05, 0.1) is 0 Å². The molecule has 0 saturated heterocycles. The van der Waals surface area contributed by atoms with E-state index in [9.17, 15) is 4.79 Å². The van der Waals surface area contributed by atoms with Crippen LogP contribution in [0.15, 0.2) is 42.7 Å². The van der Waals surface area contributed by atoms with E-state index in [1.54, 1.807) is 18.3 Å². The Kier molecular flexibility index (Phi) is 4.13. The lowest BCUT2D eigenvalue weighted by Gasteiger charge is -2.09. The second-order valence-corrected chi connectivity index (χ2v) is 4.40. The monoisotopic (exact) mass is 255 g/mol. The number of benzene rings is 1. The van der Waals surface area contributed by atoms with Gasteiger partial charge in [-0.1, -0.05) is 6.07 Å². The van der Waals surface area contributed by atoms with Crippen molar-refractivity contribution in [1.29, 1.82) is 0 Å². The van der Waals surface area contributed by atoms with Gasteiger partial charge in [0.15, 0.2) is 5.78 Å². The van der Waals surface area contributed by atoms with E-state index in [0.717, 1.165) is 18.7 Å². The number of carbonyl (C=O) groups excluding carboxylic acids is 1. The Morgan fingerprint density at radius 3 is 2.89 bits per heavy atom. The largest absolute Gasteiger partial charge is 0.398 e. The molecule has 4 heteroatoms. The van der Waals surface area contributed by atoms with Gasteiger partial charge in [-0.3, -0.25) is 9.78 Å². The highest BCUT2D eigenvalue weighted by Crippen LogP contribution is 2.18. The Morgan fingerprint density at radius 1 is 1.37 bits per heavy atom. The quantitative estimate of drug-likeness (QED) is 0.636. The fraction of sp³-hybridized carbons (Fsp3) is 0.200. The van der Waals surface area contributed by atoms with Crippen molar-refractivity contribution in [3.05, 3.63) is 53.9 Å². The predicted octanol–water partition coefficient (Wildman–Crippen LogP) is 2.52. The van der Waals surface area contributed by atoms with E-state index >= 15 is 0 Å². The van der Waals surface area contributed by atoms with Crippen LogP contribution >= 0.6 is 0 Å². The normalized spacial score (nSPS) is 10.2. The molecule has 19 heavy (non-hydrogen) atoms. The minimum absolute atomic E-state index is 0.0200. The number of nitrogens with one attached hydrogen (secondary N) is 1. The minimum atomic E-state index is -0.0200. The van der Waals surface area contributed by atoms with Crippen LogP contribution in [0, 0.1) is 0 Å². The summed E-state index contributed by atoms with van der Waals surface area (Å²) in [6.45, 7) is 2.30. The van der Waals surface area contributed by atoms with Crippen LogP contribution in [0.3, 0.4) is 0 Å². The van der Waals surface area contributed by atoms with E-state index in [-0.39, 0.29) is 5.78 Å². The molecule has 0 atom stereocenters. The summed E-state index contributed by atoms with van der Waals surface area (Å²) in [7, 11) is 0. The van der Waals surface area contributed by atoms with Gasteiger partial charge in [-0.05, 0) is 43.2 Å². The van der Waals surface area contributed by atoms with Gasteiger partial charge in [0.1, 0.15) is 0 Å². The number of hydrogen-bond acceptors (Lipinski definition) is 4. The summed E-state index contributed by atoms with van der Waals surface area (Å²) in [5.74, 6) is -0.0200. The topological polar surface area (TPSA) is 68.0 Å². The van der Waals surface area contributed by atoms with Crippen molar-refractivity contribution in [2.24, 2.45) is 0 Å². The van der Waals surface area contributed by atoms with Crippen molar-refractivity contribution in [3.8, 4) is 0 Å². The molecule has 0 spiro atoms. The molecule has 0 radical (unpaired) electrons. The molecule has 2 rings (SSSR count). The van der Waals surface area contributed by atoms with Gasteiger partial charge in [-0.2, -0.15) is 0 Å². The highest BCUT2D eigenvalue weighted by molar-refractivity contribution is 5.99. The zero-order valence-corrected chi connectivity index (χ0v) is 10.9. The van der Waals surface area contributed by atoms with Crippen molar-refractivity contribution in [2.75, 3.05) is 17.6 Å². The standard InChI is InChI=1S/C15H17N3O/c1-11(19)14-9-13(4-5-15(14)16)18-8-6-12-3-2-7-17-10-12/h2-5,7,9-10,18H,6,8,16H2,1H3. The molecular formula is C15H17N3O. The minimum Gasteiger partial charge on any atom is -0.398 e. The van der Waals surface area contributed by atoms with Gasteiger partial charge in [0, 0.05) is 35.9 Å². The Bertz CT molecular complexity index is 567. The highest BCUT2D eigenvalue weighted by Gasteiger charge is 2.05. The third-order valence-corrected chi connectivity index (χ3v) is 2.90. The average molecular weight is 255 g/mol. The molecule has 0 aliphatic rings. The van der Waals surface area contributed by atoms with E-state index in [1.165, 1.54) is 12.5 Å². The van der Waals surface area contributed by atoms with Crippen LogP contribution in [-0.2, 0) is 6.42 Å². The highest BCUT2D eigenvalue weighted by atomic mass is 16.1. The number of rotatable bonds is 5. The van der Waals surface area contributed by atoms with Crippen LogP contribution in [0.4, 0.5) is 11.4 Å². The summed E-state index contributed by atoms with van der Waals surface area (Å²) in [6.07, 6.45) is 4.50. The van der Waals surface area contributed by atoms with E-state index in [2.05, 4.69) is 10.3 Å². The van der Waals surface area contributed by atoms with E-state index < -0.39 is 0 Å². The first-order chi connectivity index (χ1) is 9.16. The van der Waals surface area contributed by atoms with Crippen molar-refractivity contribution in [2.45, 2.75) is 13.3 Å². The predicted molar refractivity (Wildman–Crippen MR) is 77.3 cm³/mol. The van der Waals surface area contributed by atoms with Gasteiger partial charge in [-0.25, -0.2) is 0 Å². The van der Waals surface area contributed by atoms with Gasteiger partial charge >= 0.3 is 0 Å². The molecule has 1 aromatic heterocycles. The number of carbonyl (C=O) groups is 1. The fourth-order valence-corrected chi connectivity index (χ4v) is 1.87. The molecule has 98 valence electrons. The van der Waals surface area contributed by atoms with E-state index in [1.807, 2.05) is 24.4 Å². The van der Waals surface area contributed by atoms with Crippen LogP contribution in [0.5, 0.6) is 0 Å². The molecule has 1 aromatic carbocycles. The third kappa shape index (κ3) is 3.55.